The number of methoxy groups -OCH3 is 1. The van der Waals surface area contributed by atoms with E-state index < -0.39 is 30.1 Å². The van der Waals surface area contributed by atoms with E-state index >= 15 is 0 Å². The molecule has 0 aliphatic carbocycles. The number of carbonyl (C=O) groups excluding carboxylic acids is 2. The number of benzene rings is 2. The number of aromatic nitrogens is 3. The van der Waals surface area contributed by atoms with Crippen molar-refractivity contribution in [3.05, 3.63) is 54.1 Å². The van der Waals surface area contributed by atoms with Crippen LogP contribution in [-0.4, -0.2) is 57.9 Å². The van der Waals surface area contributed by atoms with Crippen molar-refractivity contribution in [2.75, 3.05) is 31.8 Å². The van der Waals surface area contributed by atoms with Crippen LogP contribution >= 0.6 is 11.8 Å². The van der Waals surface area contributed by atoms with Crippen LogP contribution in [0.4, 0.5) is 18.9 Å². The molecule has 0 spiro atoms. The van der Waals surface area contributed by atoms with Crippen LogP contribution in [0.1, 0.15) is 5.56 Å². The molecule has 0 radical (unpaired) electrons. The molecule has 1 aromatic heterocycles. The number of halogens is 3. The number of carbonyl (C=O) groups is 2. The van der Waals surface area contributed by atoms with E-state index in [2.05, 4.69) is 15.5 Å². The van der Waals surface area contributed by atoms with Crippen molar-refractivity contribution in [2.45, 2.75) is 11.3 Å². The van der Waals surface area contributed by atoms with Gasteiger partial charge in [-0.2, -0.15) is 13.2 Å². The second-order valence-electron chi connectivity index (χ2n) is 7.20. The summed E-state index contributed by atoms with van der Waals surface area (Å²) < 4.78 is 46.4. The van der Waals surface area contributed by atoms with E-state index in [4.69, 9.17) is 4.74 Å². The molecule has 0 saturated carbocycles. The first-order valence-electron chi connectivity index (χ1n) is 9.97. The van der Waals surface area contributed by atoms with Gasteiger partial charge in [0.2, 0.25) is 11.8 Å². The summed E-state index contributed by atoms with van der Waals surface area (Å²) in [5.41, 5.74) is -0.578. The van der Waals surface area contributed by atoms with Crippen molar-refractivity contribution in [1.82, 2.24) is 19.7 Å². The summed E-state index contributed by atoms with van der Waals surface area (Å²) in [6.07, 6.45) is -4.61. The number of nitrogens with one attached hydrogen (secondary N) is 1. The molecule has 0 saturated heterocycles. The molecule has 8 nitrogen and oxygen atoms in total. The van der Waals surface area contributed by atoms with Gasteiger partial charge < -0.3 is 19.5 Å². The number of rotatable bonds is 8. The predicted octanol–water partition coefficient (Wildman–Crippen LogP) is 3.70. The summed E-state index contributed by atoms with van der Waals surface area (Å²) in [6, 6.07) is 12.0. The molecule has 0 atom stereocenters. The van der Waals surface area contributed by atoms with Crippen molar-refractivity contribution >= 4 is 29.3 Å². The van der Waals surface area contributed by atoms with E-state index in [-0.39, 0.29) is 11.4 Å². The third kappa shape index (κ3) is 5.87. The maximum Gasteiger partial charge on any atom is 0.418 e. The largest absolute Gasteiger partial charge is 0.496 e. The Hall–Kier alpha value is -3.54. The summed E-state index contributed by atoms with van der Waals surface area (Å²) in [7, 11) is 4.70. The van der Waals surface area contributed by atoms with Crippen molar-refractivity contribution in [3.63, 3.8) is 0 Å². The van der Waals surface area contributed by atoms with Crippen LogP contribution in [0.25, 0.3) is 11.4 Å². The zero-order valence-corrected chi connectivity index (χ0v) is 19.4. The minimum atomic E-state index is -4.61. The standard InChI is InChI=1S/C22H22F3N5O3S/c1-29(12-18(31)26-16-10-6-5-9-15(16)22(23,24)25)19(32)13-34-21-28-27-20(30(21)2)14-8-4-7-11-17(14)33-3/h4-11H,12-13H2,1-3H3,(H,26,31). The Kier molecular flexibility index (Phi) is 7.82. The lowest BCUT2D eigenvalue weighted by Crippen LogP contribution is -2.36. The Morgan fingerprint density at radius 1 is 1.12 bits per heavy atom. The molecule has 1 heterocycles. The van der Waals surface area contributed by atoms with E-state index in [1.165, 1.54) is 19.2 Å². The summed E-state index contributed by atoms with van der Waals surface area (Å²) in [5.74, 6) is 0.00793. The number of alkyl halides is 3. The van der Waals surface area contributed by atoms with Gasteiger partial charge in [0.05, 0.1) is 36.2 Å². The highest BCUT2D eigenvalue weighted by Gasteiger charge is 2.33. The zero-order chi connectivity index (χ0) is 24.9. The topological polar surface area (TPSA) is 89.4 Å². The van der Waals surface area contributed by atoms with Gasteiger partial charge in [0.1, 0.15) is 5.75 Å². The number of para-hydroxylation sites is 2. The molecule has 0 fully saturated rings. The van der Waals surface area contributed by atoms with Gasteiger partial charge in [-0.05, 0) is 24.3 Å². The van der Waals surface area contributed by atoms with E-state index in [0.29, 0.717) is 16.7 Å². The zero-order valence-electron chi connectivity index (χ0n) is 18.6. The molecule has 2 aromatic carbocycles. The third-order valence-corrected chi connectivity index (χ3v) is 5.83. The minimum Gasteiger partial charge on any atom is -0.496 e. The Labute approximate surface area is 198 Å². The molecule has 0 unspecified atom stereocenters. The molecule has 3 aromatic rings. The average molecular weight is 494 g/mol. The Bertz CT molecular complexity index is 1180. The quantitative estimate of drug-likeness (QED) is 0.482. The fraction of sp³-hybridized carbons (Fsp3) is 0.273. The number of hydrogen-bond donors (Lipinski definition) is 1. The number of ether oxygens (including phenoxy) is 1. The second kappa shape index (κ2) is 10.6. The van der Waals surface area contributed by atoms with Gasteiger partial charge in [-0.15, -0.1) is 10.2 Å². The van der Waals surface area contributed by atoms with Crippen LogP contribution in [0.2, 0.25) is 0 Å². The smallest absolute Gasteiger partial charge is 0.418 e. The summed E-state index contributed by atoms with van der Waals surface area (Å²) in [6.45, 7) is -0.406. The molecule has 12 heteroatoms. The Morgan fingerprint density at radius 3 is 2.50 bits per heavy atom. The van der Waals surface area contributed by atoms with Crippen LogP contribution in [0.3, 0.4) is 0 Å². The highest BCUT2D eigenvalue weighted by atomic mass is 32.2. The van der Waals surface area contributed by atoms with Crippen LogP contribution < -0.4 is 10.1 Å². The fourth-order valence-corrected chi connectivity index (χ4v) is 3.93. The van der Waals surface area contributed by atoms with Gasteiger partial charge in [-0.3, -0.25) is 9.59 Å². The van der Waals surface area contributed by atoms with E-state index in [9.17, 15) is 22.8 Å². The lowest BCUT2D eigenvalue weighted by Gasteiger charge is -2.18. The summed E-state index contributed by atoms with van der Waals surface area (Å²) in [4.78, 5) is 25.9. The first-order valence-corrected chi connectivity index (χ1v) is 11.0. The number of amides is 2. The van der Waals surface area contributed by atoms with Crippen LogP contribution in [0.5, 0.6) is 5.75 Å². The molecule has 180 valence electrons. The number of likely N-dealkylation sites (N-methyl/N-ethyl adjacent to an activating group) is 1. The van der Waals surface area contributed by atoms with Crippen molar-refractivity contribution in [2.24, 2.45) is 7.05 Å². The summed E-state index contributed by atoms with van der Waals surface area (Å²) >= 11 is 1.13. The van der Waals surface area contributed by atoms with Crippen LogP contribution in [0.15, 0.2) is 53.7 Å². The van der Waals surface area contributed by atoms with Gasteiger partial charge in [0.25, 0.3) is 0 Å². The molecule has 1 N–H and O–H groups in total. The summed E-state index contributed by atoms with van der Waals surface area (Å²) in [5, 5.41) is 11.0. The van der Waals surface area contributed by atoms with Crippen molar-refractivity contribution < 1.29 is 27.5 Å². The first-order chi connectivity index (χ1) is 16.1. The van der Waals surface area contributed by atoms with Crippen LogP contribution in [0, 0.1) is 0 Å². The number of nitrogens with zero attached hydrogens (tertiary/aromatic N) is 4. The molecule has 34 heavy (non-hydrogen) atoms. The molecule has 0 aliphatic heterocycles. The van der Waals surface area contributed by atoms with Crippen LogP contribution in [-0.2, 0) is 22.8 Å². The van der Waals surface area contributed by atoms with E-state index in [1.54, 1.807) is 24.8 Å². The van der Waals surface area contributed by atoms with Crippen molar-refractivity contribution in [1.29, 1.82) is 0 Å². The van der Waals surface area contributed by atoms with Gasteiger partial charge in [0.15, 0.2) is 11.0 Å². The fourth-order valence-electron chi connectivity index (χ4n) is 3.07. The van der Waals surface area contributed by atoms with Gasteiger partial charge in [-0.1, -0.05) is 36.0 Å². The Morgan fingerprint density at radius 2 is 1.79 bits per heavy atom. The maximum absolute atomic E-state index is 13.1. The lowest BCUT2D eigenvalue weighted by molar-refractivity contribution is -0.137. The molecule has 0 aliphatic rings. The highest BCUT2D eigenvalue weighted by Crippen LogP contribution is 2.34. The number of hydrogen-bond acceptors (Lipinski definition) is 6. The minimum absolute atomic E-state index is 0.0409. The second-order valence-corrected chi connectivity index (χ2v) is 8.14. The molecule has 2 amide bonds. The molecular weight excluding hydrogens is 471 g/mol. The highest BCUT2D eigenvalue weighted by molar-refractivity contribution is 7.99. The number of anilines is 1. The molecule has 0 bridgehead atoms. The first kappa shape index (κ1) is 25.1. The lowest BCUT2D eigenvalue weighted by atomic mass is 10.1. The molecular formula is C22H22F3N5O3S. The van der Waals surface area contributed by atoms with E-state index in [1.807, 2.05) is 18.2 Å². The SMILES string of the molecule is COc1ccccc1-c1nnc(SCC(=O)N(C)CC(=O)Nc2ccccc2C(F)(F)F)n1C. The monoisotopic (exact) mass is 493 g/mol. The third-order valence-electron chi connectivity index (χ3n) is 4.82. The number of thioether (sulfide) groups is 1. The van der Waals surface area contributed by atoms with Gasteiger partial charge >= 0.3 is 6.18 Å². The van der Waals surface area contributed by atoms with E-state index in [0.717, 1.165) is 34.4 Å². The predicted molar refractivity (Wildman–Crippen MR) is 121 cm³/mol. The van der Waals surface area contributed by atoms with Gasteiger partial charge in [0, 0.05) is 14.1 Å². The Balaban J connectivity index is 1.59. The normalized spacial score (nSPS) is 11.2. The van der Waals surface area contributed by atoms with Gasteiger partial charge in [-0.25, -0.2) is 0 Å². The maximum atomic E-state index is 13.1. The average Bonchev–Trinajstić information content (AvgIpc) is 3.16. The molecule has 3 rings (SSSR count). The van der Waals surface area contributed by atoms with Crippen molar-refractivity contribution in [3.8, 4) is 17.1 Å².